The van der Waals surface area contributed by atoms with Crippen LogP contribution in [-0.2, 0) is 14.8 Å². The molecular weight excluding hydrogens is 340 g/mol. The number of fused-ring (bicyclic) bond motifs is 1. The van der Waals surface area contributed by atoms with Crippen LogP contribution in [0.4, 0.5) is 0 Å². The van der Waals surface area contributed by atoms with E-state index >= 15 is 0 Å². The molecule has 8 heteroatoms. The lowest BCUT2D eigenvalue weighted by Gasteiger charge is -2.06. The zero-order valence-electron chi connectivity index (χ0n) is 12.4. The number of benzene rings is 1. The third kappa shape index (κ3) is 5.85. The van der Waals surface area contributed by atoms with E-state index in [2.05, 4.69) is 9.71 Å². The number of nitrogens with one attached hydrogen (secondary N) is 1. The second kappa shape index (κ2) is 8.83. The topological polar surface area (TPSA) is 68.3 Å². The van der Waals surface area contributed by atoms with Crippen molar-refractivity contribution in [2.24, 2.45) is 0 Å². The van der Waals surface area contributed by atoms with Gasteiger partial charge >= 0.3 is 0 Å². The van der Waals surface area contributed by atoms with Gasteiger partial charge in [-0.2, -0.15) is 0 Å². The van der Waals surface area contributed by atoms with Crippen LogP contribution >= 0.6 is 23.1 Å². The van der Waals surface area contributed by atoms with Crippen LogP contribution in [0, 0.1) is 0 Å². The van der Waals surface area contributed by atoms with Gasteiger partial charge in [-0.3, -0.25) is 0 Å². The van der Waals surface area contributed by atoms with Gasteiger partial charge < -0.3 is 4.74 Å². The fourth-order valence-corrected chi connectivity index (χ4v) is 5.13. The van der Waals surface area contributed by atoms with Gasteiger partial charge in [-0.25, -0.2) is 18.1 Å². The van der Waals surface area contributed by atoms with Gasteiger partial charge in [-0.15, -0.1) is 11.3 Å². The highest BCUT2D eigenvalue weighted by atomic mass is 32.2. The lowest BCUT2D eigenvalue weighted by atomic mass is 10.3. The molecule has 1 N–H and O–H groups in total. The molecule has 0 amide bonds. The standard InChI is InChI=1S/C14H20N2O3S3/c1-2-19-9-8-15-22(17,18)11-5-10-20-14-16-12-6-3-4-7-13(12)21-14/h3-4,6-7,15H,2,5,8-11H2,1H3. The molecule has 0 unspecified atom stereocenters. The van der Waals surface area contributed by atoms with Gasteiger partial charge in [0.2, 0.25) is 10.0 Å². The molecule has 2 aromatic rings. The zero-order valence-corrected chi connectivity index (χ0v) is 14.9. The molecule has 1 heterocycles. The number of ether oxygens (including phenoxy) is 1. The second-order valence-electron chi connectivity index (χ2n) is 4.56. The van der Waals surface area contributed by atoms with E-state index in [0.29, 0.717) is 26.2 Å². The summed E-state index contributed by atoms with van der Waals surface area (Å²) in [6, 6.07) is 8.00. The van der Waals surface area contributed by atoms with E-state index in [9.17, 15) is 8.42 Å². The number of thioether (sulfide) groups is 1. The quantitative estimate of drug-likeness (QED) is 0.521. The van der Waals surface area contributed by atoms with Crippen molar-refractivity contribution in [3.05, 3.63) is 24.3 Å². The minimum atomic E-state index is -3.20. The SMILES string of the molecule is CCOCCNS(=O)(=O)CCCSc1nc2ccccc2s1. The van der Waals surface area contributed by atoms with Crippen molar-refractivity contribution in [3.63, 3.8) is 0 Å². The van der Waals surface area contributed by atoms with Crippen LogP contribution in [0.5, 0.6) is 0 Å². The maximum atomic E-state index is 11.8. The van der Waals surface area contributed by atoms with Crippen LogP contribution in [0.25, 0.3) is 10.2 Å². The van der Waals surface area contributed by atoms with Crippen molar-refractivity contribution in [3.8, 4) is 0 Å². The van der Waals surface area contributed by atoms with Crippen molar-refractivity contribution < 1.29 is 13.2 Å². The molecule has 0 bridgehead atoms. The van der Waals surface area contributed by atoms with Gasteiger partial charge in [-0.1, -0.05) is 23.9 Å². The van der Waals surface area contributed by atoms with Gasteiger partial charge in [0.05, 0.1) is 22.6 Å². The molecule has 1 aromatic carbocycles. The minimum Gasteiger partial charge on any atom is -0.380 e. The number of aromatic nitrogens is 1. The minimum absolute atomic E-state index is 0.136. The van der Waals surface area contributed by atoms with Gasteiger partial charge in [0.1, 0.15) is 0 Å². The Labute approximate surface area is 139 Å². The normalized spacial score (nSPS) is 12.0. The monoisotopic (exact) mass is 360 g/mol. The van der Waals surface area contributed by atoms with Crippen LogP contribution in [0.15, 0.2) is 28.6 Å². The Morgan fingerprint density at radius 2 is 2.18 bits per heavy atom. The Morgan fingerprint density at radius 1 is 1.36 bits per heavy atom. The third-order valence-corrected chi connectivity index (χ3v) is 6.57. The molecule has 122 valence electrons. The van der Waals surface area contributed by atoms with Crippen LogP contribution in [-0.4, -0.2) is 44.7 Å². The number of hydrogen-bond acceptors (Lipinski definition) is 6. The number of nitrogens with zero attached hydrogens (tertiary/aromatic N) is 1. The summed E-state index contributed by atoms with van der Waals surface area (Å²) in [5, 5.41) is 0. The summed E-state index contributed by atoms with van der Waals surface area (Å²) in [5.74, 6) is 0.878. The molecule has 22 heavy (non-hydrogen) atoms. The summed E-state index contributed by atoms with van der Waals surface area (Å²) in [6.07, 6.45) is 0.602. The summed E-state index contributed by atoms with van der Waals surface area (Å²) in [4.78, 5) is 4.52. The van der Waals surface area contributed by atoms with E-state index in [4.69, 9.17) is 4.74 Å². The van der Waals surface area contributed by atoms with Crippen molar-refractivity contribution in [2.75, 3.05) is 31.3 Å². The Bertz CT molecular complexity index is 652. The third-order valence-electron chi connectivity index (χ3n) is 2.83. The maximum absolute atomic E-state index is 11.8. The number of rotatable bonds is 10. The molecule has 0 aliphatic heterocycles. The highest BCUT2D eigenvalue weighted by molar-refractivity contribution is 8.01. The molecule has 0 radical (unpaired) electrons. The van der Waals surface area contributed by atoms with Gasteiger partial charge in [0.15, 0.2) is 4.34 Å². The average Bonchev–Trinajstić information content (AvgIpc) is 2.91. The summed E-state index contributed by atoms with van der Waals surface area (Å²) in [6.45, 7) is 3.23. The van der Waals surface area contributed by atoms with E-state index in [0.717, 1.165) is 20.3 Å². The summed E-state index contributed by atoms with van der Waals surface area (Å²) in [7, 11) is -3.20. The first-order chi connectivity index (χ1) is 10.6. The number of sulfonamides is 1. The molecule has 0 atom stereocenters. The molecule has 2 rings (SSSR count). The predicted octanol–water partition coefficient (Wildman–Crippen LogP) is 2.73. The molecule has 0 spiro atoms. The molecule has 0 fully saturated rings. The van der Waals surface area contributed by atoms with Crippen LogP contribution in [0.1, 0.15) is 13.3 Å². The summed E-state index contributed by atoms with van der Waals surface area (Å²) in [5.41, 5.74) is 1.00. The van der Waals surface area contributed by atoms with Crippen LogP contribution in [0.3, 0.4) is 0 Å². The Morgan fingerprint density at radius 3 is 2.95 bits per heavy atom. The average molecular weight is 361 g/mol. The highest BCUT2D eigenvalue weighted by Crippen LogP contribution is 2.29. The van der Waals surface area contributed by atoms with E-state index < -0.39 is 10.0 Å². The first-order valence-electron chi connectivity index (χ1n) is 7.14. The largest absolute Gasteiger partial charge is 0.380 e. The van der Waals surface area contributed by atoms with Gasteiger partial charge in [0, 0.05) is 18.9 Å². The Kier molecular flexibility index (Phi) is 7.10. The fourth-order valence-electron chi connectivity index (χ4n) is 1.81. The summed E-state index contributed by atoms with van der Waals surface area (Å²) >= 11 is 3.25. The first kappa shape index (κ1) is 17.7. The van der Waals surface area contributed by atoms with Gasteiger partial charge in [-0.05, 0) is 25.5 Å². The lowest BCUT2D eigenvalue weighted by Crippen LogP contribution is -2.29. The highest BCUT2D eigenvalue weighted by Gasteiger charge is 2.10. The van der Waals surface area contributed by atoms with E-state index in [1.54, 1.807) is 23.1 Å². The maximum Gasteiger partial charge on any atom is 0.211 e. The first-order valence-corrected chi connectivity index (χ1v) is 10.6. The molecular formula is C14H20N2O3S3. The van der Waals surface area contributed by atoms with Crippen LogP contribution in [0.2, 0.25) is 0 Å². The second-order valence-corrected chi connectivity index (χ2v) is 8.86. The van der Waals surface area contributed by atoms with Crippen molar-refractivity contribution in [1.29, 1.82) is 0 Å². The van der Waals surface area contributed by atoms with Crippen LogP contribution < -0.4 is 4.72 Å². The zero-order chi connectivity index (χ0) is 15.8. The molecule has 5 nitrogen and oxygen atoms in total. The smallest absolute Gasteiger partial charge is 0.211 e. The predicted molar refractivity (Wildman–Crippen MR) is 93.2 cm³/mol. The van der Waals surface area contributed by atoms with E-state index in [1.165, 1.54) is 0 Å². The molecule has 1 aromatic heterocycles. The fraction of sp³-hybridized carbons (Fsp3) is 0.500. The summed E-state index contributed by atoms with van der Waals surface area (Å²) < 4.78 is 33.3. The molecule has 0 aliphatic carbocycles. The van der Waals surface area contributed by atoms with E-state index in [-0.39, 0.29) is 5.75 Å². The number of para-hydroxylation sites is 1. The lowest BCUT2D eigenvalue weighted by molar-refractivity contribution is 0.153. The molecule has 0 saturated heterocycles. The molecule has 0 saturated carbocycles. The Hall–Kier alpha value is -0.670. The Balaban J connectivity index is 1.70. The number of thiazole rings is 1. The van der Waals surface area contributed by atoms with Crippen molar-refractivity contribution in [1.82, 2.24) is 9.71 Å². The molecule has 0 aliphatic rings. The van der Waals surface area contributed by atoms with Crippen molar-refractivity contribution in [2.45, 2.75) is 17.7 Å². The van der Waals surface area contributed by atoms with Crippen molar-refractivity contribution >= 4 is 43.3 Å². The van der Waals surface area contributed by atoms with Gasteiger partial charge in [0.25, 0.3) is 0 Å². The van der Waals surface area contributed by atoms with E-state index in [1.807, 2.05) is 31.2 Å². The number of hydrogen-bond donors (Lipinski definition) is 1.